The average molecular weight is 418 g/mol. The molecule has 3 rings (SSSR count). The highest BCUT2D eigenvalue weighted by Gasteiger charge is 2.11. The smallest absolute Gasteiger partial charge is 0.257 e. The summed E-state index contributed by atoms with van der Waals surface area (Å²) in [4.78, 5) is 12.4. The summed E-state index contributed by atoms with van der Waals surface area (Å²) < 4.78 is 6.54. The molecule has 0 radical (unpaired) electrons. The van der Waals surface area contributed by atoms with E-state index in [-0.39, 0.29) is 5.91 Å². The summed E-state index contributed by atoms with van der Waals surface area (Å²) in [6.07, 6.45) is 1.79. The predicted molar refractivity (Wildman–Crippen MR) is 111 cm³/mol. The predicted octanol–water partition coefficient (Wildman–Crippen LogP) is 5.30. The first-order chi connectivity index (χ1) is 13.2. The number of benzene rings is 2. The first-order valence-electron chi connectivity index (χ1n) is 8.00. The van der Waals surface area contributed by atoms with Gasteiger partial charge in [0.05, 0.1) is 0 Å². The van der Waals surface area contributed by atoms with Crippen LogP contribution in [0, 0.1) is 0 Å². The maximum Gasteiger partial charge on any atom is 0.257 e. The van der Waals surface area contributed by atoms with Gasteiger partial charge in [-0.05, 0) is 24.3 Å². The van der Waals surface area contributed by atoms with Gasteiger partial charge in [-0.15, -0.1) is 16.8 Å². The molecule has 27 heavy (non-hydrogen) atoms. The van der Waals surface area contributed by atoms with Crippen molar-refractivity contribution in [3.05, 3.63) is 77.3 Å². The minimum atomic E-state index is -0.269. The number of hydrogen-bond donors (Lipinski definition) is 1. The Morgan fingerprint density at radius 1 is 1.26 bits per heavy atom. The lowest BCUT2D eigenvalue weighted by atomic mass is 10.2. The van der Waals surface area contributed by atoms with Crippen LogP contribution in [0.15, 0.2) is 65.5 Å². The van der Waals surface area contributed by atoms with Crippen LogP contribution in [0.25, 0.3) is 0 Å². The number of halogens is 1. The number of ether oxygens (including phenoxy) is 1. The first-order valence-corrected chi connectivity index (χ1v) is 10.2. The van der Waals surface area contributed by atoms with Gasteiger partial charge >= 0.3 is 0 Å². The van der Waals surface area contributed by atoms with Crippen molar-refractivity contribution in [2.75, 3.05) is 11.1 Å². The van der Waals surface area contributed by atoms with Crippen molar-refractivity contribution in [3.8, 4) is 5.75 Å². The van der Waals surface area contributed by atoms with E-state index in [1.807, 2.05) is 24.3 Å². The fourth-order valence-electron chi connectivity index (χ4n) is 2.12. The highest BCUT2D eigenvalue weighted by Crippen LogP contribution is 2.26. The van der Waals surface area contributed by atoms with Crippen LogP contribution in [0.3, 0.4) is 0 Å². The summed E-state index contributed by atoms with van der Waals surface area (Å²) in [5, 5.41) is 11.9. The Kier molecular flexibility index (Phi) is 6.86. The number of carbonyl (C=O) groups excluding carboxylic acids is 1. The molecule has 1 aromatic heterocycles. The molecule has 0 saturated carbocycles. The van der Waals surface area contributed by atoms with Crippen LogP contribution in [0.4, 0.5) is 5.13 Å². The Balaban J connectivity index is 1.62. The van der Waals surface area contributed by atoms with Gasteiger partial charge in [0.15, 0.2) is 4.34 Å². The molecule has 5 nitrogen and oxygen atoms in total. The quantitative estimate of drug-likeness (QED) is 0.306. The van der Waals surface area contributed by atoms with Gasteiger partial charge in [0.2, 0.25) is 5.13 Å². The molecule has 138 valence electrons. The van der Waals surface area contributed by atoms with Crippen molar-refractivity contribution < 1.29 is 9.53 Å². The molecule has 8 heteroatoms. The van der Waals surface area contributed by atoms with Crippen molar-refractivity contribution in [2.24, 2.45) is 0 Å². The number of hydrogen-bond acceptors (Lipinski definition) is 6. The molecule has 0 aliphatic heterocycles. The van der Waals surface area contributed by atoms with Crippen LogP contribution in [0.5, 0.6) is 5.75 Å². The van der Waals surface area contributed by atoms with Crippen LogP contribution < -0.4 is 10.1 Å². The standard InChI is InChI=1S/C19H16ClN3O2S2/c1-2-10-26-19-23-22-18(27-19)21-17(24)13-7-5-8-15(11-13)25-12-14-6-3-4-9-16(14)20/h2-9,11H,1,10,12H2,(H,21,22,24). The highest BCUT2D eigenvalue weighted by atomic mass is 35.5. The second kappa shape index (κ2) is 9.55. The molecule has 0 saturated heterocycles. The van der Waals surface area contributed by atoms with E-state index in [0.717, 1.165) is 15.7 Å². The lowest BCUT2D eigenvalue weighted by Crippen LogP contribution is -2.11. The fraction of sp³-hybridized carbons (Fsp3) is 0.105. The zero-order chi connectivity index (χ0) is 19.1. The van der Waals surface area contributed by atoms with Gasteiger partial charge < -0.3 is 4.74 Å². The van der Waals surface area contributed by atoms with Crippen LogP contribution >= 0.6 is 34.7 Å². The summed E-state index contributed by atoms with van der Waals surface area (Å²) in [6, 6.07) is 14.4. The normalized spacial score (nSPS) is 10.4. The fourth-order valence-corrected chi connectivity index (χ4v) is 3.82. The van der Waals surface area contributed by atoms with Crippen molar-refractivity contribution in [3.63, 3.8) is 0 Å². The summed E-state index contributed by atoms with van der Waals surface area (Å²) in [5.41, 5.74) is 1.36. The first kappa shape index (κ1) is 19.4. The maximum absolute atomic E-state index is 12.4. The van der Waals surface area contributed by atoms with Crippen molar-refractivity contribution >= 4 is 45.7 Å². The van der Waals surface area contributed by atoms with Gasteiger partial charge in [0.1, 0.15) is 12.4 Å². The third-order valence-electron chi connectivity index (χ3n) is 3.40. The molecule has 1 amide bonds. The number of aromatic nitrogens is 2. The number of thioether (sulfide) groups is 1. The minimum absolute atomic E-state index is 0.269. The Bertz CT molecular complexity index is 946. The second-order valence-electron chi connectivity index (χ2n) is 5.33. The van der Waals surface area contributed by atoms with E-state index >= 15 is 0 Å². The van der Waals surface area contributed by atoms with Crippen LogP contribution in [0.1, 0.15) is 15.9 Å². The summed E-state index contributed by atoms with van der Waals surface area (Å²) >= 11 is 8.97. The molecule has 0 atom stereocenters. The number of nitrogens with zero attached hydrogens (tertiary/aromatic N) is 2. The average Bonchev–Trinajstić information content (AvgIpc) is 3.13. The van der Waals surface area contributed by atoms with Crippen LogP contribution in [0.2, 0.25) is 5.02 Å². The third kappa shape index (κ3) is 5.56. The molecule has 1 N–H and O–H groups in total. The molecule has 0 bridgehead atoms. The van der Waals surface area contributed by atoms with Crippen LogP contribution in [-0.2, 0) is 6.61 Å². The topological polar surface area (TPSA) is 64.1 Å². The summed E-state index contributed by atoms with van der Waals surface area (Å²) in [5.74, 6) is 1.06. The molecule has 1 heterocycles. The largest absolute Gasteiger partial charge is 0.489 e. The van der Waals surface area contributed by atoms with E-state index in [2.05, 4.69) is 22.1 Å². The van der Waals surface area contributed by atoms with Gasteiger partial charge in [0.25, 0.3) is 5.91 Å². The molecule has 0 unspecified atom stereocenters. The van der Waals surface area contributed by atoms with Crippen molar-refractivity contribution in [1.29, 1.82) is 0 Å². The third-order valence-corrected chi connectivity index (χ3v) is 5.74. The number of rotatable bonds is 8. The zero-order valence-electron chi connectivity index (χ0n) is 14.2. The minimum Gasteiger partial charge on any atom is -0.489 e. The van der Waals surface area contributed by atoms with Crippen molar-refractivity contribution in [1.82, 2.24) is 10.2 Å². The van der Waals surface area contributed by atoms with E-state index in [1.54, 1.807) is 30.3 Å². The van der Waals surface area contributed by atoms with E-state index in [1.165, 1.54) is 23.1 Å². The summed E-state index contributed by atoms with van der Waals surface area (Å²) in [7, 11) is 0. The Morgan fingerprint density at radius 3 is 2.93 bits per heavy atom. The maximum atomic E-state index is 12.4. The van der Waals surface area contributed by atoms with Gasteiger partial charge in [-0.1, -0.05) is 65.0 Å². The molecular formula is C19H16ClN3O2S2. The summed E-state index contributed by atoms with van der Waals surface area (Å²) in [6.45, 7) is 3.99. The molecule has 0 aliphatic rings. The molecule has 3 aromatic rings. The molecule has 2 aromatic carbocycles. The number of amides is 1. The van der Waals surface area contributed by atoms with E-state index in [9.17, 15) is 4.79 Å². The Hall–Kier alpha value is -2.35. The number of anilines is 1. The van der Waals surface area contributed by atoms with Gasteiger partial charge in [-0.25, -0.2) is 0 Å². The molecule has 0 aliphatic carbocycles. The van der Waals surface area contributed by atoms with Crippen LogP contribution in [-0.4, -0.2) is 21.9 Å². The van der Waals surface area contributed by atoms with Gasteiger partial charge in [-0.2, -0.15) is 0 Å². The Labute approximate surface area is 170 Å². The Morgan fingerprint density at radius 2 is 2.11 bits per heavy atom. The molecular weight excluding hydrogens is 402 g/mol. The van der Waals surface area contributed by atoms with Gasteiger partial charge in [0, 0.05) is 21.9 Å². The van der Waals surface area contributed by atoms with Crippen molar-refractivity contribution in [2.45, 2.75) is 10.9 Å². The molecule has 0 fully saturated rings. The second-order valence-corrected chi connectivity index (χ2v) is 7.99. The highest BCUT2D eigenvalue weighted by molar-refractivity contribution is 8.01. The van der Waals surface area contributed by atoms with E-state index in [0.29, 0.717) is 28.1 Å². The number of nitrogens with one attached hydrogen (secondary N) is 1. The van der Waals surface area contributed by atoms with E-state index < -0.39 is 0 Å². The zero-order valence-corrected chi connectivity index (χ0v) is 16.6. The molecule has 0 spiro atoms. The lowest BCUT2D eigenvalue weighted by Gasteiger charge is -2.09. The van der Waals surface area contributed by atoms with Gasteiger partial charge in [-0.3, -0.25) is 10.1 Å². The SMILES string of the molecule is C=CCSc1nnc(NC(=O)c2cccc(OCc3ccccc3Cl)c2)s1. The lowest BCUT2D eigenvalue weighted by molar-refractivity contribution is 0.102. The monoisotopic (exact) mass is 417 g/mol. The number of carbonyl (C=O) groups is 1. The van der Waals surface area contributed by atoms with E-state index in [4.69, 9.17) is 16.3 Å².